The van der Waals surface area contributed by atoms with Gasteiger partial charge in [0.25, 0.3) is 0 Å². The summed E-state index contributed by atoms with van der Waals surface area (Å²) in [6.07, 6.45) is 0.572. The van der Waals surface area contributed by atoms with Crippen LogP contribution < -0.4 is 0 Å². The SMILES string of the molecule is CC(C)(C)[Si](C)(C)OCc1cccc(CCC(=O)O)n1. The van der Waals surface area contributed by atoms with Gasteiger partial charge in [0.05, 0.1) is 18.7 Å². The molecule has 1 N–H and O–H groups in total. The van der Waals surface area contributed by atoms with Crippen LogP contribution in [0.25, 0.3) is 0 Å². The second-order valence-corrected chi connectivity index (χ2v) is 11.4. The molecule has 0 aliphatic carbocycles. The minimum atomic E-state index is -1.78. The summed E-state index contributed by atoms with van der Waals surface area (Å²) < 4.78 is 6.12. The van der Waals surface area contributed by atoms with Crippen molar-refractivity contribution in [1.82, 2.24) is 4.98 Å². The first-order chi connectivity index (χ1) is 9.12. The molecule has 1 aromatic heterocycles. The maximum atomic E-state index is 10.6. The Morgan fingerprint density at radius 2 is 1.90 bits per heavy atom. The van der Waals surface area contributed by atoms with Gasteiger partial charge in [0.2, 0.25) is 0 Å². The number of hydrogen-bond donors (Lipinski definition) is 1. The molecule has 1 heterocycles. The van der Waals surface area contributed by atoms with Gasteiger partial charge < -0.3 is 9.53 Å². The summed E-state index contributed by atoms with van der Waals surface area (Å²) in [5, 5.41) is 8.87. The molecule has 0 unspecified atom stereocenters. The molecule has 0 aromatic carbocycles. The molecule has 112 valence electrons. The van der Waals surface area contributed by atoms with Crippen molar-refractivity contribution in [3.05, 3.63) is 29.6 Å². The summed E-state index contributed by atoms with van der Waals surface area (Å²) >= 11 is 0. The van der Waals surface area contributed by atoms with E-state index in [1.807, 2.05) is 18.2 Å². The van der Waals surface area contributed by atoms with E-state index in [0.717, 1.165) is 11.4 Å². The lowest BCUT2D eigenvalue weighted by molar-refractivity contribution is -0.136. The molecule has 0 bridgehead atoms. The predicted octanol–water partition coefficient (Wildman–Crippen LogP) is 3.62. The van der Waals surface area contributed by atoms with E-state index >= 15 is 0 Å². The molecule has 0 saturated heterocycles. The molecule has 0 amide bonds. The topological polar surface area (TPSA) is 59.4 Å². The van der Waals surface area contributed by atoms with Crippen LogP contribution in [0.4, 0.5) is 0 Å². The summed E-state index contributed by atoms with van der Waals surface area (Å²) in [6, 6.07) is 5.70. The second-order valence-electron chi connectivity index (χ2n) is 6.56. The van der Waals surface area contributed by atoms with Crippen LogP contribution in [0.2, 0.25) is 18.1 Å². The minimum absolute atomic E-state index is 0.111. The van der Waals surface area contributed by atoms with E-state index in [1.165, 1.54) is 0 Å². The molecule has 1 aromatic rings. The third-order valence-corrected chi connectivity index (χ3v) is 8.32. The lowest BCUT2D eigenvalue weighted by Crippen LogP contribution is -2.40. The normalized spacial score (nSPS) is 12.4. The summed E-state index contributed by atoms with van der Waals surface area (Å²) in [5.74, 6) is -0.797. The number of rotatable bonds is 6. The number of carboxylic acids is 1. The first kappa shape index (κ1) is 16.9. The summed E-state index contributed by atoms with van der Waals surface area (Å²) in [4.78, 5) is 15.0. The monoisotopic (exact) mass is 295 g/mol. The third kappa shape index (κ3) is 5.05. The highest BCUT2D eigenvalue weighted by atomic mass is 28.4. The molecule has 0 fully saturated rings. The molecular formula is C15H25NO3Si. The van der Waals surface area contributed by atoms with E-state index in [2.05, 4.69) is 38.8 Å². The largest absolute Gasteiger partial charge is 0.481 e. The molecule has 0 atom stereocenters. The van der Waals surface area contributed by atoms with Crippen LogP contribution in [0.15, 0.2) is 18.2 Å². The molecule has 0 radical (unpaired) electrons. The summed E-state index contributed by atoms with van der Waals surface area (Å²) in [6.45, 7) is 11.5. The van der Waals surface area contributed by atoms with Crippen LogP contribution in [-0.4, -0.2) is 24.4 Å². The van der Waals surface area contributed by atoms with Gasteiger partial charge >= 0.3 is 5.97 Å². The molecule has 4 nitrogen and oxygen atoms in total. The summed E-state index contributed by atoms with van der Waals surface area (Å²) in [5.41, 5.74) is 1.68. The van der Waals surface area contributed by atoms with Crippen LogP contribution in [0, 0.1) is 0 Å². The van der Waals surface area contributed by atoms with Crippen molar-refractivity contribution in [2.24, 2.45) is 0 Å². The average molecular weight is 295 g/mol. The van der Waals surface area contributed by atoms with Gasteiger partial charge in [0.1, 0.15) is 0 Å². The molecule has 0 aliphatic rings. The van der Waals surface area contributed by atoms with E-state index in [4.69, 9.17) is 9.53 Å². The van der Waals surface area contributed by atoms with Crippen molar-refractivity contribution in [2.45, 2.75) is 58.4 Å². The number of carbonyl (C=O) groups is 1. The minimum Gasteiger partial charge on any atom is -0.481 e. The predicted molar refractivity (Wildman–Crippen MR) is 82.2 cm³/mol. The fourth-order valence-corrected chi connectivity index (χ4v) is 2.40. The highest BCUT2D eigenvalue weighted by Crippen LogP contribution is 2.36. The van der Waals surface area contributed by atoms with Gasteiger partial charge in [-0.25, -0.2) is 0 Å². The fourth-order valence-electron chi connectivity index (χ4n) is 1.45. The average Bonchev–Trinajstić information content (AvgIpc) is 2.33. The highest BCUT2D eigenvalue weighted by Gasteiger charge is 2.37. The Hall–Kier alpha value is -1.20. The lowest BCUT2D eigenvalue weighted by atomic mass is 10.2. The van der Waals surface area contributed by atoms with E-state index in [0.29, 0.717) is 13.0 Å². The van der Waals surface area contributed by atoms with E-state index in [1.54, 1.807) is 0 Å². The zero-order valence-electron chi connectivity index (χ0n) is 13.1. The van der Waals surface area contributed by atoms with Crippen LogP contribution in [-0.2, 0) is 22.2 Å². The first-order valence-electron chi connectivity index (χ1n) is 6.92. The number of nitrogens with zero attached hydrogens (tertiary/aromatic N) is 1. The van der Waals surface area contributed by atoms with Gasteiger partial charge in [0, 0.05) is 12.1 Å². The van der Waals surface area contributed by atoms with Gasteiger partial charge in [-0.2, -0.15) is 0 Å². The van der Waals surface area contributed by atoms with Gasteiger partial charge in [0.15, 0.2) is 8.32 Å². The van der Waals surface area contributed by atoms with Gasteiger partial charge in [-0.05, 0) is 30.3 Å². The highest BCUT2D eigenvalue weighted by molar-refractivity contribution is 6.74. The Bertz CT molecular complexity index is 466. The zero-order chi connectivity index (χ0) is 15.4. The number of hydrogen-bond acceptors (Lipinski definition) is 3. The number of carboxylic acid groups (broad SMARTS) is 1. The van der Waals surface area contributed by atoms with E-state index < -0.39 is 14.3 Å². The maximum absolute atomic E-state index is 10.6. The van der Waals surface area contributed by atoms with Crippen LogP contribution in [0.5, 0.6) is 0 Å². The molecule has 0 saturated carbocycles. The molecule has 20 heavy (non-hydrogen) atoms. The van der Waals surface area contributed by atoms with Crippen molar-refractivity contribution in [1.29, 1.82) is 0 Å². The number of aliphatic carboxylic acids is 1. The smallest absolute Gasteiger partial charge is 0.303 e. The molecule has 1 rings (SSSR count). The Morgan fingerprint density at radius 1 is 1.30 bits per heavy atom. The van der Waals surface area contributed by atoms with E-state index in [9.17, 15) is 4.79 Å². The molecule has 0 aliphatic heterocycles. The molecule has 5 heteroatoms. The quantitative estimate of drug-likeness (QED) is 0.814. The van der Waals surface area contributed by atoms with Crippen molar-refractivity contribution < 1.29 is 14.3 Å². The van der Waals surface area contributed by atoms with Gasteiger partial charge in [-0.15, -0.1) is 0 Å². The van der Waals surface area contributed by atoms with Crippen molar-refractivity contribution >= 4 is 14.3 Å². The standard InChI is InChI=1S/C15H25NO3Si/c1-15(2,3)20(4,5)19-11-13-8-6-7-12(16-13)9-10-14(17)18/h6-8H,9-11H2,1-5H3,(H,17,18). The second kappa shape index (κ2) is 6.50. The first-order valence-corrected chi connectivity index (χ1v) is 9.83. The van der Waals surface area contributed by atoms with Crippen molar-refractivity contribution in [3.63, 3.8) is 0 Å². The Morgan fingerprint density at radius 3 is 2.45 bits per heavy atom. The Balaban J connectivity index is 2.65. The van der Waals surface area contributed by atoms with Gasteiger partial charge in [-0.1, -0.05) is 26.8 Å². The fraction of sp³-hybridized carbons (Fsp3) is 0.600. The Labute approximate surface area is 122 Å². The number of aromatic nitrogens is 1. The lowest BCUT2D eigenvalue weighted by Gasteiger charge is -2.36. The van der Waals surface area contributed by atoms with Crippen LogP contribution in [0.1, 0.15) is 38.6 Å². The van der Waals surface area contributed by atoms with Crippen molar-refractivity contribution in [2.75, 3.05) is 0 Å². The van der Waals surface area contributed by atoms with Crippen molar-refractivity contribution in [3.8, 4) is 0 Å². The number of pyridine rings is 1. The zero-order valence-corrected chi connectivity index (χ0v) is 14.1. The third-order valence-electron chi connectivity index (χ3n) is 3.85. The van der Waals surface area contributed by atoms with Crippen LogP contribution in [0.3, 0.4) is 0 Å². The number of aryl methyl sites for hydroxylation is 1. The molecular weight excluding hydrogens is 270 g/mol. The Kier molecular flexibility index (Phi) is 5.47. The molecule has 0 spiro atoms. The summed E-state index contributed by atoms with van der Waals surface area (Å²) in [7, 11) is -1.78. The van der Waals surface area contributed by atoms with Gasteiger partial charge in [-0.3, -0.25) is 9.78 Å². The maximum Gasteiger partial charge on any atom is 0.303 e. The van der Waals surface area contributed by atoms with E-state index in [-0.39, 0.29) is 11.5 Å². The van der Waals surface area contributed by atoms with Crippen LogP contribution >= 0.6 is 0 Å².